The molecule has 4 heteroatoms. The minimum absolute atomic E-state index is 0.0765. The largest absolute Gasteiger partial charge is 0.274 e. The van der Waals surface area contributed by atoms with Crippen molar-refractivity contribution in [2.45, 2.75) is 39.0 Å². The minimum atomic E-state index is -0.114. The molecule has 2 aliphatic rings. The lowest BCUT2D eigenvalue weighted by Gasteiger charge is -2.25. The standard InChI is InChI=1S/C13H19NO2S/c1-2-17-11-8-12(15)14(13(11)16)9-10-6-4-3-5-7-10/h8,10H,2-7,9H2,1H3. The summed E-state index contributed by atoms with van der Waals surface area (Å²) in [6.07, 6.45) is 7.60. The number of hydrogen-bond acceptors (Lipinski definition) is 3. The maximum atomic E-state index is 12.0. The van der Waals surface area contributed by atoms with Crippen LogP contribution in [-0.4, -0.2) is 29.0 Å². The molecule has 1 heterocycles. The zero-order valence-corrected chi connectivity index (χ0v) is 11.1. The van der Waals surface area contributed by atoms with Crippen LogP contribution in [0.15, 0.2) is 11.0 Å². The van der Waals surface area contributed by atoms with Crippen molar-refractivity contribution in [1.82, 2.24) is 4.90 Å². The molecule has 0 atom stereocenters. The average Bonchev–Trinajstić information content (AvgIpc) is 2.59. The lowest BCUT2D eigenvalue weighted by molar-refractivity contribution is -0.137. The van der Waals surface area contributed by atoms with E-state index in [-0.39, 0.29) is 11.8 Å². The van der Waals surface area contributed by atoms with Crippen LogP contribution in [0.25, 0.3) is 0 Å². The summed E-state index contributed by atoms with van der Waals surface area (Å²) in [6.45, 7) is 2.62. The van der Waals surface area contributed by atoms with E-state index in [1.807, 2.05) is 6.92 Å². The van der Waals surface area contributed by atoms with Crippen LogP contribution in [0.5, 0.6) is 0 Å². The highest BCUT2D eigenvalue weighted by atomic mass is 32.2. The van der Waals surface area contributed by atoms with Gasteiger partial charge < -0.3 is 0 Å². The third-order valence-corrected chi connectivity index (χ3v) is 4.33. The molecule has 1 aliphatic heterocycles. The van der Waals surface area contributed by atoms with Crippen molar-refractivity contribution in [2.24, 2.45) is 5.92 Å². The molecule has 0 aromatic heterocycles. The Balaban J connectivity index is 1.94. The summed E-state index contributed by atoms with van der Waals surface area (Å²) in [5.74, 6) is 1.17. The zero-order chi connectivity index (χ0) is 12.3. The van der Waals surface area contributed by atoms with Crippen LogP contribution < -0.4 is 0 Å². The van der Waals surface area contributed by atoms with Crippen LogP contribution in [0, 0.1) is 5.92 Å². The number of amides is 2. The van der Waals surface area contributed by atoms with E-state index in [0.29, 0.717) is 17.4 Å². The first-order valence-electron chi connectivity index (χ1n) is 6.42. The van der Waals surface area contributed by atoms with Crippen LogP contribution in [0.4, 0.5) is 0 Å². The molecule has 0 unspecified atom stereocenters. The van der Waals surface area contributed by atoms with Gasteiger partial charge in [0.25, 0.3) is 11.8 Å². The summed E-state index contributed by atoms with van der Waals surface area (Å²) in [6, 6.07) is 0. The van der Waals surface area contributed by atoms with E-state index < -0.39 is 0 Å². The molecule has 0 aromatic carbocycles. The fourth-order valence-electron chi connectivity index (χ4n) is 2.54. The highest BCUT2D eigenvalue weighted by Crippen LogP contribution is 2.29. The second-order valence-corrected chi connectivity index (χ2v) is 6.01. The number of carbonyl (C=O) groups excluding carboxylic acids is 2. The molecule has 1 fully saturated rings. The van der Waals surface area contributed by atoms with Crippen molar-refractivity contribution in [2.75, 3.05) is 12.3 Å². The SMILES string of the molecule is CCSC1=CC(=O)N(CC2CCCCC2)C1=O. The second kappa shape index (κ2) is 5.71. The van der Waals surface area contributed by atoms with E-state index in [2.05, 4.69) is 0 Å². The highest BCUT2D eigenvalue weighted by molar-refractivity contribution is 8.04. The first-order valence-corrected chi connectivity index (χ1v) is 7.41. The third kappa shape index (κ3) is 2.92. The maximum absolute atomic E-state index is 12.0. The summed E-state index contributed by atoms with van der Waals surface area (Å²) < 4.78 is 0. The van der Waals surface area contributed by atoms with Gasteiger partial charge in [0.1, 0.15) is 0 Å². The predicted molar refractivity (Wildman–Crippen MR) is 69.5 cm³/mol. The number of hydrogen-bond donors (Lipinski definition) is 0. The fourth-order valence-corrected chi connectivity index (χ4v) is 3.27. The van der Waals surface area contributed by atoms with E-state index >= 15 is 0 Å². The molecule has 1 saturated carbocycles. The minimum Gasteiger partial charge on any atom is -0.274 e. The van der Waals surface area contributed by atoms with Crippen molar-refractivity contribution in [3.63, 3.8) is 0 Å². The first-order chi connectivity index (χ1) is 8.22. The lowest BCUT2D eigenvalue weighted by Crippen LogP contribution is -2.36. The van der Waals surface area contributed by atoms with E-state index in [4.69, 9.17) is 0 Å². The van der Waals surface area contributed by atoms with Gasteiger partial charge in [-0.2, -0.15) is 0 Å². The molecule has 0 bridgehead atoms. The molecule has 17 heavy (non-hydrogen) atoms. The van der Waals surface area contributed by atoms with Gasteiger partial charge in [-0.1, -0.05) is 26.2 Å². The van der Waals surface area contributed by atoms with Gasteiger partial charge in [0.2, 0.25) is 0 Å². The Kier molecular flexibility index (Phi) is 4.26. The Bertz CT molecular complexity index is 345. The Labute approximate surface area is 107 Å². The summed E-state index contributed by atoms with van der Waals surface area (Å²) >= 11 is 1.47. The van der Waals surface area contributed by atoms with Gasteiger partial charge in [-0.15, -0.1) is 11.8 Å². The molecule has 0 spiro atoms. The number of nitrogens with zero attached hydrogens (tertiary/aromatic N) is 1. The van der Waals surface area contributed by atoms with Crippen molar-refractivity contribution >= 4 is 23.6 Å². The molecule has 2 amide bonds. The van der Waals surface area contributed by atoms with Crippen molar-refractivity contribution in [1.29, 1.82) is 0 Å². The first kappa shape index (κ1) is 12.7. The van der Waals surface area contributed by atoms with Crippen molar-refractivity contribution < 1.29 is 9.59 Å². The summed E-state index contributed by atoms with van der Waals surface area (Å²) in [5.41, 5.74) is 0. The number of rotatable bonds is 4. The predicted octanol–water partition coefficient (Wildman–Crippen LogP) is 2.57. The molecular formula is C13H19NO2S. The monoisotopic (exact) mass is 253 g/mol. The van der Waals surface area contributed by atoms with Gasteiger partial charge in [0.15, 0.2) is 0 Å². The molecule has 0 radical (unpaired) electrons. The third-order valence-electron chi connectivity index (χ3n) is 3.44. The molecule has 0 saturated heterocycles. The Morgan fingerprint density at radius 1 is 1.29 bits per heavy atom. The van der Waals surface area contributed by atoms with Crippen molar-refractivity contribution in [3.8, 4) is 0 Å². The summed E-state index contributed by atoms with van der Waals surface area (Å²) in [5, 5.41) is 0. The average molecular weight is 253 g/mol. The van der Waals surface area contributed by atoms with Crippen LogP contribution in [0.3, 0.4) is 0 Å². The van der Waals surface area contributed by atoms with Crippen LogP contribution in [-0.2, 0) is 9.59 Å². The number of imide groups is 1. The van der Waals surface area contributed by atoms with Crippen LogP contribution >= 0.6 is 11.8 Å². The summed E-state index contributed by atoms with van der Waals surface area (Å²) in [7, 11) is 0. The Morgan fingerprint density at radius 2 is 2.00 bits per heavy atom. The van der Waals surface area contributed by atoms with Gasteiger partial charge in [-0.05, 0) is 24.5 Å². The molecule has 3 nitrogen and oxygen atoms in total. The summed E-state index contributed by atoms with van der Waals surface area (Å²) in [4.78, 5) is 25.8. The molecule has 94 valence electrons. The van der Waals surface area contributed by atoms with E-state index in [1.54, 1.807) is 0 Å². The van der Waals surface area contributed by atoms with E-state index in [9.17, 15) is 9.59 Å². The fraction of sp³-hybridized carbons (Fsp3) is 0.692. The normalized spacial score (nSPS) is 22.2. The number of carbonyl (C=O) groups is 2. The second-order valence-electron chi connectivity index (χ2n) is 4.70. The van der Waals surface area contributed by atoms with Crippen LogP contribution in [0.2, 0.25) is 0 Å². The maximum Gasteiger partial charge on any atom is 0.267 e. The van der Waals surface area contributed by atoms with Gasteiger partial charge in [0, 0.05) is 12.6 Å². The number of thioether (sulfide) groups is 1. The van der Waals surface area contributed by atoms with Crippen molar-refractivity contribution in [3.05, 3.63) is 11.0 Å². The molecule has 0 N–H and O–H groups in total. The van der Waals surface area contributed by atoms with Gasteiger partial charge in [-0.25, -0.2) is 0 Å². The molecule has 2 rings (SSSR count). The highest BCUT2D eigenvalue weighted by Gasteiger charge is 2.32. The lowest BCUT2D eigenvalue weighted by atomic mass is 9.89. The Hall–Kier alpha value is -0.770. The van der Waals surface area contributed by atoms with Gasteiger partial charge in [0.05, 0.1) is 4.91 Å². The zero-order valence-electron chi connectivity index (χ0n) is 10.3. The Morgan fingerprint density at radius 3 is 2.65 bits per heavy atom. The van der Waals surface area contributed by atoms with E-state index in [1.165, 1.54) is 42.0 Å². The molecular weight excluding hydrogens is 234 g/mol. The van der Waals surface area contributed by atoms with Gasteiger partial charge in [-0.3, -0.25) is 14.5 Å². The smallest absolute Gasteiger partial charge is 0.267 e. The quantitative estimate of drug-likeness (QED) is 0.723. The molecule has 1 aliphatic carbocycles. The van der Waals surface area contributed by atoms with Crippen LogP contribution in [0.1, 0.15) is 39.0 Å². The molecule has 0 aromatic rings. The topological polar surface area (TPSA) is 37.4 Å². The van der Waals surface area contributed by atoms with Gasteiger partial charge >= 0.3 is 0 Å². The van der Waals surface area contributed by atoms with E-state index in [0.717, 1.165) is 18.6 Å².